The van der Waals surface area contributed by atoms with Gasteiger partial charge < -0.3 is 25.0 Å². The monoisotopic (exact) mass is 371 g/mol. The summed E-state index contributed by atoms with van der Waals surface area (Å²) >= 11 is 0. The molecule has 144 valence electrons. The zero-order valence-corrected chi connectivity index (χ0v) is 15.7. The molecule has 0 unspecified atom stereocenters. The summed E-state index contributed by atoms with van der Waals surface area (Å²) in [5.41, 5.74) is 0.768. The molecule has 0 atom stereocenters. The van der Waals surface area contributed by atoms with Crippen molar-refractivity contribution in [2.45, 2.75) is 19.3 Å². The molecule has 0 saturated carbocycles. The Morgan fingerprint density at radius 2 is 2.04 bits per heavy atom. The third kappa shape index (κ3) is 4.99. The second-order valence-corrected chi connectivity index (χ2v) is 6.19. The highest BCUT2D eigenvalue weighted by Crippen LogP contribution is 2.31. The van der Waals surface area contributed by atoms with E-state index in [9.17, 15) is 4.79 Å². The van der Waals surface area contributed by atoms with E-state index >= 15 is 0 Å². The first-order valence-electron chi connectivity index (χ1n) is 9.06. The molecule has 0 aliphatic carbocycles. The van der Waals surface area contributed by atoms with Crippen LogP contribution in [0.5, 0.6) is 11.5 Å². The van der Waals surface area contributed by atoms with E-state index in [1.165, 1.54) is 0 Å². The Morgan fingerprint density at radius 3 is 2.78 bits per heavy atom. The van der Waals surface area contributed by atoms with E-state index in [2.05, 4.69) is 20.6 Å². The third-order valence-corrected chi connectivity index (χ3v) is 4.36. The molecule has 3 rings (SSSR count). The minimum Gasteiger partial charge on any atom is -0.493 e. The number of ether oxygens (including phenoxy) is 2. The number of nitrogens with zero attached hydrogens (tertiary/aromatic N) is 3. The second-order valence-electron chi connectivity index (χ2n) is 6.19. The first-order valence-corrected chi connectivity index (χ1v) is 9.06. The summed E-state index contributed by atoms with van der Waals surface area (Å²) in [5.74, 6) is 2.51. The van der Waals surface area contributed by atoms with Crippen LogP contribution < -0.4 is 20.1 Å². The summed E-state index contributed by atoms with van der Waals surface area (Å²) in [7, 11) is 3.39. The van der Waals surface area contributed by atoms with Crippen LogP contribution in [0.4, 0.5) is 17.5 Å². The van der Waals surface area contributed by atoms with E-state index in [0.717, 1.165) is 37.4 Å². The smallest absolute Gasteiger partial charge is 0.229 e. The number of anilines is 3. The molecule has 1 aromatic heterocycles. The van der Waals surface area contributed by atoms with Crippen molar-refractivity contribution in [2.75, 3.05) is 44.5 Å². The molecule has 27 heavy (non-hydrogen) atoms. The third-order valence-electron chi connectivity index (χ3n) is 4.36. The van der Waals surface area contributed by atoms with Crippen LogP contribution in [-0.4, -0.2) is 54.6 Å². The zero-order valence-electron chi connectivity index (χ0n) is 15.7. The van der Waals surface area contributed by atoms with Gasteiger partial charge in [0.2, 0.25) is 11.9 Å². The lowest BCUT2D eigenvalue weighted by atomic mass is 10.2. The van der Waals surface area contributed by atoms with E-state index in [0.29, 0.717) is 30.5 Å². The molecule has 1 fully saturated rings. The maximum Gasteiger partial charge on any atom is 0.229 e. The van der Waals surface area contributed by atoms with Crippen LogP contribution in [0, 0.1) is 0 Å². The van der Waals surface area contributed by atoms with Crippen molar-refractivity contribution >= 4 is 23.4 Å². The molecule has 2 heterocycles. The predicted octanol–water partition coefficient (Wildman–Crippen LogP) is 2.66. The maximum atomic E-state index is 12.1. The lowest BCUT2D eigenvalue weighted by Gasteiger charge is -2.16. The van der Waals surface area contributed by atoms with E-state index in [-0.39, 0.29) is 5.91 Å². The number of carbonyl (C=O) groups excluding carboxylic acids is 1. The highest BCUT2D eigenvalue weighted by molar-refractivity contribution is 5.76. The molecule has 8 heteroatoms. The number of likely N-dealkylation sites (tertiary alicyclic amines) is 1. The minimum absolute atomic E-state index is 0.137. The molecule has 0 radical (unpaired) electrons. The second kappa shape index (κ2) is 9.07. The molecule has 1 aliphatic rings. The standard InChI is InChI=1S/C19H25N5O3/c1-20-17-7-9-21-19(23-17)22-14-5-6-15(26-2)16(13-14)27-12-8-18(25)24-10-3-4-11-24/h5-7,9,13H,3-4,8,10-12H2,1-2H3,(H2,20,21,22,23). The Kier molecular flexibility index (Phi) is 6.30. The van der Waals surface area contributed by atoms with Gasteiger partial charge in [0.25, 0.3) is 0 Å². The summed E-state index contributed by atoms with van der Waals surface area (Å²) in [6.07, 6.45) is 4.20. The fraction of sp³-hybridized carbons (Fsp3) is 0.421. The van der Waals surface area contributed by atoms with Crippen molar-refractivity contribution in [2.24, 2.45) is 0 Å². The largest absolute Gasteiger partial charge is 0.493 e. The SMILES string of the molecule is CNc1ccnc(Nc2ccc(OC)c(OCCC(=O)N3CCCC3)c2)n1. The number of carbonyl (C=O) groups is 1. The highest BCUT2D eigenvalue weighted by atomic mass is 16.5. The molecular weight excluding hydrogens is 346 g/mol. The van der Waals surface area contributed by atoms with Gasteiger partial charge in [-0.2, -0.15) is 4.98 Å². The normalized spacial score (nSPS) is 13.3. The van der Waals surface area contributed by atoms with Crippen molar-refractivity contribution in [1.82, 2.24) is 14.9 Å². The highest BCUT2D eigenvalue weighted by Gasteiger charge is 2.17. The fourth-order valence-corrected chi connectivity index (χ4v) is 2.93. The van der Waals surface area contributed by atoms with Gasteiger partial charge in [-0.15, -0.1) is 0 Å². The van der Waals surface area contributed by atoms with Gasteiger partial charge >= 0.3 is 0 Å². The Morgan fingerprint density at radius 1 is 1.22 bits per heavy atom. The minimum atomic E-state index is 0.137. The van der Waals surface area contributed by atoms with Crippen LogP contribution >= 0.6 is 0 Å². The fourth-order valence-electron chi connectivity index (χ4n) is 2.93. The Hall–Kier alpha value is -3.03. The van der Waals surface area contributed by atoms with Gasteiger partial charge in [-0.25, -0.2) is 4.98 Å². The Bertz CT molecular complexity index is 778. The molecule has 1 saturated heterocycles. The van der Waals surface area contributed by atoms with E-state index in [4.69, 9.17) is 9.47 Å². The number of methoxy groups -OCH3 is 1. The molecule has 2 aromatic rings. The van der Waals surface area contributed by atoms with Gasteiger partial charge in [0.1, 0.15) is 5.82 Å². The topological polar surface area (TPSA) is 88.6 Å². The maximum absolute atomic E-state index is 12.1. The molecule has 2 N–H and O–H groups in total. The van der Waals surface area contributed by atoms with Gasteiger partial charge in [0, 0.05) is 38.1 Å². The number of aromatic nitrogens is 2. The number of nitrogens with one attached hydrogen (secondary N) is 2. The number of rotatable bonds is 8. The first-order chi connectivity index (χ1) is 13.2. The Balaban J connectivity index is 1.63. The predicted molar refractivity (Wildman–Crippen MR) is 104 cm³/mol. The van der Waals surface area contributed by atoms with Crippen molar-refractivity contribution < 1.29 is 14.3 Å². The van der Waals surface area contributed by atoms with Gasteiger partial charge in [0.05, 0.1) is 20.1 Å². The number of hydrogen-bond acceptors (Lipinski definition) is 7. The van der Waals surface area contributed by atoms with Crippen LogP contribution in [0.2, 0.25) is 0 Å². The van der Waals surface area contributed by atoms with Crippen molar-refractivity contribution in [1.29, 1.82) is 0 Å². The Labute approximate surface area is 158 Å². The van der Waals surface area contributed by atoms with Gasteiger partial charge in [-0.3, -0.25) is 4.79 Å². The summed E-state index contributed by atoms with van der Waals surface area (Å²) in [5, 5.41) is 6.11. The van der Waals surface area contributed by atoms with Crippen LogP contribution in [0.1, 0.15) is 19.3 Å². The summed E-state index contributed by atoms with van der Waals surface area (Å²) in [6, 6.07) is 7.26. The van der Waals surface area contributed by atoms with Crippen molar-refractivity contribution in [3.05, 3.63) is 30.5 Å². The summed E-state index contributed by atoms with van der Waals surface area (Å²) in [4.78, 5) is 22.6. The van der Waals surface area contributed by atoms with Gasteiger partial charge in [-0.05, 0) is 31.0 Å². The zero-order chi connectivity index (χ0) is 19.1. The average molecular weight is 371 g/mol. The molecule has 8 nitrogen and oxygen atoms in total. The van der Waals surface area contributed by atoms with E-state index < -0.39 is 0 Å². The lowest BCUT2D eigenvalue weighted by Crippen LogP contribution is -2.28. The number of amides is 1. The van der Waals surface area contributed by atoms with Crippen LogP contribution in [0.15, 0.2) is 30.5 Å². The van der Waals surface area contributed by atoms with Crippen LogP contribution in [0.25, 0.3) is 0 Å². The van der Waals surface area contributed by atoms with E-state index in [1.807, 2.05) is 23.1 Å². The molecular formula is C19H25N5O3. The molecule has 1 amide bonds. The summed E-state index contributed by atoms with van der Waals surface area (Å²) in [6.45, 7) is 2.02. The molecule has 0 bridgehead atoms. The molecule has 1 aliphatic heterocycles. The van der Waals surface area contributed by atoms with Crippen molar-refractivity contribution in [3.8, 4) is 11.5 Å². The van der Waals surface area contributed by atoms with Gasteiger partial charge in [-0.1, -0.05) is 0 Å². The first kappa shape index (κ1) is 18.8. The van der Waals surface area contributed by atoms with E-state index in [1.54, 1.807) is 26.4 Å². The van der Waals surface area contributed by atoms with Crippen LogP contribution in [-0.2, 0) is 4.79 Å². The summed E-state index contributed by atoms with van der Waals surface area (Å²) < 4.78 is 11.2. The number of hydrogen-bond donors (Lipinski definition) is 2. The average Bonchev–Trinajstić information content (AvgIpc) is 3.23. The lowest BCUT2D eigenvalue weighted by molar-refractivity contribution is -0.130. The number of benzene rings is 1. The molecule has 1 aromatic carbocycles. The van der Waals surface area contributed by atoms with Gasteiger partial charge in [0.15, 0.2) is 11.5 Å². The van der Waals surface area contributed by atoms with Crippen LogP contribution in [0.3, 0.4) is 0 Å². The molecule has 0 spiro atoms. The van der Waals surface area contributed by atoms with Crippen molar-refractivity contribution in [3.63, 3.8) is 0 Å². The quantitative estimate of drug-likeness (QED) is 0.737.